The molecule has 0 N–H and O–H groups in total. The van der Waals surface area contributed by atoms with Crippen LogP contribution in [0.1, 0.15) is 174 Å². The molecule has 4 saturated carbocycles. The van der Waals surface area contributed by atoms with E-state index in [0.29, 0.717) is 23.7 Å². The molecular formula is C98H90N4. The lowest BCUT2D eigenvalue weighted by molar-refractivity contribution is 0.435. The smallest absolute Gasteiger partial charge is 0.0782 e. The van der Waals surface area contributed by atoms with Crippen molar-refractivity contribution in [3.8, 4) is 33.6 Å². The zero-order chi connectivity index (χ0) is 67.5. The number of para-hydroxylation sites is 6. The van der Waals surface area contributed by atoms with Gasteiger partial charge in [-0.3, -0.25) is 0 Å². The van der Waals surface area contributed by atoms with Crippen LogP contribution in [0.4, 0.5) is 34.1 Å². The zero-order valence-corrected chi connectivity index (χ0v) is 58.8. The summed E-state index contributed by atoms with van der Waals surface area (Å²) in [5.74, 6) is 2.16. The summed E-state index contributed by atoms with van der Waals surface area (Å²) in [5.41, 5.74) is 25.3. The van der Waals surface area contributed by atoms with Gasteiger partial charge in [-0.05, 0) is 238 Å². The second kappa shape index (κ2) is 27.2. The van der Waals surface area contributed by atoms with Gasteiger partial charge in [-0.25, -0.2) is 0 Å². The number of anilines is 6. The first-order valence-corrected chi connectivity index (χ1v) is 38.8. The minimum absolute atomic E-state index is 0.540. The molecule has 0 bridgehead atoms. The van der Waals surface area contributed by atoms with Gasteiger partial charge in [-0.1, -0.05) is 259 Å². The Morgan fingerprint density at radius 2 is 0.539 bits per heavy atom. The van der Waals surface area contributed by atoms with Gasteiger partial charge in [0.25, 0.3) is 0 Å². The van der Waals surface area contributed by atoms with E-state index in [9.17, 15) is 0 Å². The third kappa shape index (κ3) is 11.3. The maximum atomic E-state index is 2.69. The first kappa shape index (κ1) is 62.6. The molecule has 0 aliphatic heterocycles. The largest absolute Gasteiger partial charge is 0.308 e. The van der Waals surface area contributed by atoms with Crippen LogP contribution in [0, 0.1) is 0 Å². The lowest BCUT2D eigenvalue weighted by atomic mass is 9.79. The molecule has 13 aromatic carbocycles. The molecule has 15 aromatic rings. The summed E-state index contributed by atoms with van der Waals surface area (Å²) < 4.78 is 5.09. The van der Waals surface area contributed by atoms with Crippen LogP contribution < -0.4 is 9.80 Å². The highest BCUT2D eigenvalue weighted by atomic mass is 15.2. The Bertz CT molecular complexity index is 5140. The Kier molecular flexibility index (Phi) is 16.7. The molecule has 0 unspecified atom stereocenters. The van der Waals surface area contributed by atoms with Crippen molar-refractivity contribution >= 4 is 99.3 Å². The van der Waals surface area contributed by atoms with Crippen molar-refractivity contribution in [2.24, 2.45) is 0 Å². The fourth-order valence-corrected chi connectivity index (χ4v) is 19.5. The van der Waals surface area contributed by atoms with E-state index < -0.39 is 0 Å². The summed E-state index contributed by atoms with van der Waals surface area (Å²) >= 11 is 0. The topological polar surface area (TPSA) is 16.3 Å². The highest BCUT2D eigenvalue weighted by Crippen LogP contribution is 2.54. The Morgan fingerprint density at radius 3 is 0.892 bits per heavy atom. The molecule has 502 valence electrons. The second-order valence-corrected chi connectivity index (χ2v) is 30.4. The quantitative estimate of drug-likeness (QED) is 0.101. The standard InChI is InChI=1S/C98H90N4/c1-9-31-67(32-10-1)73-59-74(68-33-11-2-12-34-68)62-81(61-73)99(93-53-29-49-87-83-47-25-27-51-91(83)101(97(87)93)77-43-21-7-22-44-77)79-55-57-85-89(65-79)95(71-39-17-5-18-40-71)86-58-56-80(66-90(86)96(85)72-41-19-6-20-42-72)100(82-63-75(69-35-13-3-14-36-69)60-76(64-82)70-37-15-4-16-38-70)94-54-30-50-88-84-48-26-28-52-92(84)102(98(88)94)78-45-23-8-24-46-78/h5-8,17-30,39-70H,1-4,9-16,31-38H2. The van der Waals surface area contributed by atoms with Gasteiger partial charge in [0, 0.05) is 55.7 Å². The Balaban J connectivity index is 0.901. The predicted molar refractivity (Wildman–Crippen MR) is 434 cm³/mol. The fraction of sp³-hybridized carbons (Fsp3) is 0.245. The van der Waals surface area contributed by atoms with Crippen LogP contribution in [0.3, 0.4) is 0 Å². The van der Waals surface area contributed by atoms with Crippen LogP contribution in [-0.4, -0.2) is 9.13 Å². The van der Waals surface area contributed by atoms with Crippen LogP contribution in [0.5, 0.6) is 0 Å². The minimum Gasteiger partial charge on any atom is -0.308 e. The van der Waals surface area contributed by atoms with Gasteiger partial charge in [0.2, 0.25) is 0 Å². The molecular weight excluding hydrogens is 1230 g/mol. The highest BCUT2D eigenvalue weighted by Gasteiger charge is 2.31. The molecule has 0 spiro atoms. The van der Waals surface area contributed by atoms with E-state index in [-0.39, 0.29) is 0 Å². The number of fused-ring (bicyclic) bond motifs is 8. The predicted octanol–water partition coefficient (Wildman–Crippen LogP) is 28.7. The maximum Gasteiger partial charge on any atom is 0.0782 e. The molecule has 19 rings (SSSR count). The van der Waals surface area contributed by atoms with Crippen molar-refractivity contribution in [3.63, 3.8) is 0 Å². The second-order valence-electron chi connectivity index (χ2n) is 30.4. The molecule has 2 aromatic heterocycles. The van der Waals surface area contributed by atoms with E-state index in [1.807, 2.05) is 0 Å². The SMILES string of the molecule is c1ccc(-c2c3ccc(N(c4cc(C5CCCCC5)cc(C5CCCCC5)c4)c4cccc5c6ccccc6n(-c6ccccc6)c45)cc3c(-c3ccccc3)c3ccc(N(c4cc(C5CCCCC5)cc(C5CCCCC5)c4)c4cccc5c6ccccc6n(-c6ccccc6)c45)cc23)cc1. The van der Waals surface area contributed by atoms with E-state index in [4.69, 9.17) is 0 Å². The maximum absolute atomic E-state index is 2.69. The fourth-order valence-electron chi connectivity index (χ4n) is 19.5. The molecule has 4 heteroatoms. The number of hydrogen-bond acceptors (Lipinski definition) is 2. The van der Waals surface area contributed by atoms with E-state index in [2.05, 4.69) is 298 Å². The third-order valence-corrected chi connectivity index (χ3v) is 24.3. The van der Waals surface area contributed by atoms with Crippen LogP contribution in [-0.2, 0) is 0 Å². The van der Waals surface area contributed by atoms with Crippen molar-refractivity contribution in [2.75, 3.05) is 9.80 Å². The van der Waals surface area contributed by atoms with Crippen molar-refractivity contribution < 1.29 is 0 Å². The van der Waals surface area contributed by atoms with Gasteiger partial charge in [-0.2, -0.15) is 0 Å². The van der Waals surface area contributed by atoms with Crippen LogP contribution >= 0.6 is 0 Å². The van der Waals surface area contributed by atoms with Gasteiger partial charge in [0.15, 0.2) is 0 Å². The molecule has 2 heterocycles. The van der Waals surface area contributed by atoms with Crippen molar-refractivity contribution in [3.05, 3.63) is 301 Å². The van der Waals surface area contributed by atoms with Crippen LogP contribution in [0.25, 0.3) is 98.8 Å². The lowest BCUT2D eigenvalue weighted by Gasteiger charge is -2.32. The average molecular weight is 1320 g/mol. The molecule has 0 amide bonds. The third-order valence-electron chi connectivity index (χ3n) is 24.3. The normalized spacial score (nSPS) is 16.1. The molecule has 4 aliphatic carbocycles. The molecule has 4 aliphatic rings. The first-order valence-electron chi connectivity index (χ1n) is 38.8. The van der Waals surface area contributed by atoms with E-state index >= 15 is 0 Å². The molecule has 102 heavy (non-hydrogen) atoms. The Morgan fingerprint density at radius 1 is 0.225 bits per heavy atom. The number of rotatable bonds is 14. The van der Waals surface area contributed by atoms with Gasteiger partial charge in [0.1, 0.15) is 0 Å². The molecule has 4 nitrogen and oxygen atoms in total. The Labute approximate surface area is 601 Å². The highest BCUT2D eigenvalue weighted by molar-refractivity contribution is 6.24. The van der Waals surface area contributed by atoms with E-state index in [0.717, 1.165) is 22.7 Å². The van der Waals surface area contributed by atoms with Gasteiger partial charge in [0.05, 0.1) is 33.4 Å². The monoisotopic (exact) mass is 1320 g/mol. The number of aromatic nitrogens is 2. The summed E-state index contributed by atoms with van der Waals surface area (Å²) in [6, 6.07) is 108. The zero-order valence-electron chi connectivity index (χ0n) is 58.8. The Hall–Kier alpha value is -10.4. The summed E-state index contributed by atoms with van der Waals surface area (Å²) in [7, 11) is 0. The van der Waals surface area contributed by atoms with Gasteiger partial charge in [-0.15, -0.1) is 0 Å². The van der Waals surface area contributed by atoms with E-state index in [1.165, 1.54) is 261 Å². The van der Waals surface area contributed by atoms with Crippen molar-refractivity contribution in [2.45, 2.75) is 152 Å². The molecule has 0 radical (unpaired) electrons. The summed E-state index contributed by atoms with van der Waals surface area (Å²) in [6.45, 7) is 0. The van der Waals surface area contributed by atoms with Crippen molar-refractivity contribution in [1.29, 1.82) is 0 Å². The number of benzene rings is 13. The van der Waals surface area contributed by atoms with Crippen LogP contribution in [0.2, 0.25) is 0 Å². The molecule has 4 fully saturated rings. The van der Waals surface area contributed by atoms with Crippen LogP contribution in [0.15, 0.2) is 279 Å². The summed E-state index contributed by atoms with van der Waals surface area (Å²) in [5, 5.41) is 9.98. The van der Waals surface area contributed by atoms with Crippen molar-refractivity contribution in [1.82, 2.24) is 9.13 Å². The molecule has 0 atom stereocenters. The summed E-state index contributed by atoms with van der Waals surface area (Å²) in [4.78, 5) is 5.39. The minimum atomic E-state index is 0.540. The number of nitrogens with zero attached hydrogens (tertiary/aromatic N) is 4. The summed E-state index contributed by atoms with van der Waals surface area (Å²) in [6.07, 6.45) is 25.7. The average Bonchev–Trinajstić information content (AvgIpc) is 1.07. The van der Waals surface area contributed by atoms with E-state index in [1.54, 1.807) is 0 Å². The van der Waals surface area contributed by atoms with Gasteiger partial charge < -0.3 is 18.9 Å². The number of hydrogen-bond donors (Lipinski definition) is 0. The lowest BCUT2D eigenvalue weighted by Crippen LogP contribution is -2.15. The first-order chi connectivity index (χ1) is 50.6. The van der Waals surface area contributed by atoms with Gasteiger partial charge >= 0.3 is 0 Å². The molecule has 0 saturated heterocycles.